The van der Waals surface area contributed by atoms with Gasteiger partial charge < -0.3 is 20.0 Å². The van der Waals surface area contributed by atoms with Crippen molar-refractivity contribution in [1.82, 2.24) is 10.3 Å². The van der Waals surface area contributed by atoms with Crippen LogP contribution < -0.4 is 15.5 Å². The van der Waals surface area contributed by atoms with Crippen molar-refractivity contribution in [3.8, 4) is 11.3 Å². The van der Waals surface area contributed by atoms with Crippen molar-refractivity contribution >= 4 is 40.3 Å². The minimum absolute atomic E-state index is 0.0118. The summed E-state index contributed by atoms with van der Waals surface area (Å²) in [5.74, 6) is 0.937. The number of nitrogens with one attached hydrogen (secondary N) is 2. The Morgan fingerprint density at radius 1 is 1.13 bits per heavy atom. The lowest BCUT2D eigenvalue weighted by molar-refractivity contribution is -0.384. The number of carbonyl (C=O) groups is 1. The second-order valence-corrected chi connectivity index (χ2v) is 10.0. The Kier molecular flexibility index (Phi) is 7.12. The number of non-ortho nitro benzene ring substituents is 1. The van der Waals surface area contributed by atoms with Crippen molar-refractivity contribution in [1.29, 1.82) is 0 Å². The molecule has 0 bridgehead atoms. The van der Waals surface area contributed by atoms with Gasteiger partial charge in [-0.2, -0.15) is 0 Å². The summed E-state index contributed by atoms with van der Waals surface area (Å²) in [6.45, 7) is 5.63. The van der Waals surface area contributed by atoms with Crippen LogP contribution in [0.25, 0.3) is 11.3 Å². The number of furan rings is 1. The minimum Gasteiger partial charge on any atom is -0.459 e. The molecule has 0 radical (unpaired) electrons. The van der Waals surface area contributed by atoms with E-state index in [1.54, 1.807) is 24.4 Å². The Labute approximate surface area is 231 Å². The number of anilines is 2. The van der Waals surface area contributed by atoms with Crippen molar-refractivity contribution in [3.63, 3.8) is 0 Å². The van der Waals surface area contributed by atoms with Gasteiger partial charge in [-0.3, -0.25) is 19.9 Å². The van der Waals surface area contributed by atoms with E-state index in [1.165, 1.54) is 12.1 Å². The average Bonchev–Trinajstić information content (AvgIpc) is 3.55. The molecule has 3 heterocycles. The quantitative estimate of drug-likeness (QED) is 0.159. The van der Waals surface area contributed by atoms with Gasteiger partial charge in [0.2, 0.25) is 5.91 Å². The van der Waals surface area contributed by atoms with Crippen molar-refractivity contribution in [2.45, 2.75) is 32.9 Å². The first kappa shape index (κ1) is 26.1. The molecule has 39 heavy (non-hydrogen) atoms. The molecule has 1 amide bonds. The first-order valence-corrected chi connectivity index (χ1v) is 12.9. The Bertz CT molecular complexity index is 1550. The molecule has 9 nitrogen and oxygen atoms in total. The van der Waals surface area contributed by atoms with Crippen LogP contribution >= 0.6 is 12.2 Å². The zero-order valence-corrected chi connectivity index (χ0v) is 22.4. The predicted molar refractivity (Wildman–Crippen MR) is 153 cm³/mol. The first-order chi connectivity index (χ1) is 18.7. The maximum Gasteiger partial charge on any atom is 0.270 e. The second-order valence-electron chi connectivity index (χ2n) is 9.65. The average molecular weight is 542 g/mol. The fraction of sp³-hybridized carbons (Fsp3) is 0.207. The van der Waals surface area contributed by atoms with E-state index in [1.807, 2.05) is 68.1 Å². The number of amides is 1. The minimum atomic E-state index is -0.429. The number of hydrogen-bond acceptors (Lipinski definition) is 6. The van der Waals surface area contributed by atoms with Gasteiger partial charge in [-0.1, -0.05) is 32.0 Å². The summed E-state index contributed by atoms with van der Waals surface area (Å²) in [6, 6.07) is 20.7. The predicted octanol–water partition coefficient (Wildman–Crippen LogP) is 6.33. The molecular formula is C29H27N5O4S. The SMILES string of the molecule is Cc1cc(N2C(=S)N[C@@H](c3ccccn3)[C@H]2c2ccc(-c3cccc([N+](=O)[O-])c3)o2)ccc1NC(=O)C(C)C. The van der Waals surface area contributed by atoms with E-state index in [0.29, 0.717) is 22.2 Å². The Morgan fingerprint density at radius 3 is 2.64 bits per heavy atom. The molecule has 2 N–H and O–H groups in total. The monoisotopic (exact) mass is 541 g/mol. The van der Waals surface area contributed by atoms with E-state index in [2.05, 4.69) is 15.6 Å². The van der Waals surface area contributed by atoms with Crippen molar-refractivity contribution in [2.24, 2.45) is 5.92 Å². The van der Waals surface area contributed by atoms with E-state index in [0.717, 1.165) is 22.6 Å². The van der Waals surface area contributed by atoms with Crippen LogP contribution in [0.15, 0.2) is 83.4 Å². The van der Waals surface area contributed by atoms with Gasteiger partial charge in [0.25, 0.3) is 5.69 Å². The molecule has 2 aromatic carbocycles. The number of rotatable bonds is 7. The standard InChI is InChI=1S/C29H27N5O4S/c1-17(2)28(35)31-22-11-10-20(15-18(22)3)33-27(26(32-29(33)39)23-9-4-5-14-30-23)25-13-12-24(38-25)19-7-6-8-21(16-19)34(36)37/h4-17,26-27H,1-3H3,(H,31,35)(H,32,39)/t26-,27+/m0/s1. The largest absolute Gasteiger partial charge is 0.459 e. The van der Waals surface area contributed by atoms with Gasteiger partial charge in [0.05, 0.1) is 16.7 Å². The first-order valence-electron chi connectivity index (χ1n) is 12.5. The molecule has 10 heteroatoms. The summed E-state index contributed by atoms with van der Waals surface area (Å²) >= 11 is 5.80. The van der Waals surface area contributed by atoms with E-state index in [-0.39, 0.29) is 23.6 Å². The number of nitro benzene ring substituents is 1. The van der Waals surface area contributed by atoms with E-state index in [9.17, 15) is 14.9 Å². The van der Waals surface area contributed by atoms with Crippen LogP contribution in [0.4, 0.5) is 17.1 Å². The number of thiocarbonyl (C=S) groups is 1. The highest BCUT2D eigenvalue weighted by molar-refractivity contribution is 7.80. The van der Waals surface area contributed by atoms with Gasteiger partial charge in [0.1, 0.15) is 17.6 Å². The number of nitrogens with zero attached hydrogens (tertiary/aromatic N) is 3. The normalized spacial score (nSPS) is 16.8. The molecule has 5 rings (SSSR count). The van der Waals surface area contributed by atoms with Crippen molar-refractivity contribution < 1.29 is 14.1 Å². The number of pyridine rings is 1. The summed E-state index contributed by atoms with van der Waals surface area (Å²) in [4.78, 5) is 29.7. The fourth-order valence-electron chi connectivity index (χ4n) is 4.58. The Morgan fingerprint density at radius 2 is 1.95 bits per heavy atom. The molecule has 4 aromatic rings. The van der Waals surface area contributed by atoms with Gasteiger partial charge in [-0.15, -0.1) is 0 Å². The molecule has 1 saturated heterocycles. The maximum atomic E-state index is 12.3. The fourth-order valence-corrected chi connectivity index (χ4v) is 4.92. The summed E-state index contributed by atoms with van der Waals surface area (Å²) < 4.78 is 6.32. The summed E-state index contributed by atoms with van der Waals surface area (Å²) in [5, 5.41) is 18.2. The molecule has 198 valence electrons. The van der Waals surface area contributed by atoms with Gasteiger partial charge in [0.15, 0.2) is 5.11 Å². The van der Waals surface area contributed by atoms with Crippen LogP contribution in [0.2, 0.25) is 0 Å². The van der Waals surface area contributed by atoms with E-state index < -0.39 is 11.0 Å². The number of aromatic nitrogens is 1. The molecule has 0 unspecified atom stereocenters. The molecule has 0 saturated carbocycles. The van der Waals surface area contributed by atoms with Crippen LogP contribution in [-0.2, 0) is 4.79 Å². The number of benzene rings is 2. The van der Waals surface area contributed by atoms with Crippen LogP contribution in [-0.4, -0.2) is 20.9 Å². The third-order valence-corrected chi connectivity index (χ3v) is 6.94. The van der Waals surface area contributed by atoms with Crippen LogP contribution in [0.1, 0.15) is 42.9 Å². The Hall–Kier alpha value is -4.57. The van der Waals surface area contributed by atoms with E-state index in [4.69, 9.17) is 16.6 Å². The zero-order chi connectivity index (χ0) is 27.7. The van der Waals surface area contributed by atoms with Gasteiger partial charge in [-0.05, 0) is 67.2 Å². The zero-order valence-electron chi connectivity index (χ0n) is 21.6. The molecular weight excluding hydrogens is 514 g/mol. The third kappa shape index (κ3) is 5.23. The topological polar surface area (TPSA) is 114 Å². The van der Waals surface area contributed by atoms with Crippen LogP contribution in [0.5, 0.6) is 0 Å². The van der Waals surface area contributed by atoms with Gasteiger partial charge in [0, 0.05) is 41.2 Å². The van der Waals surface area contributed by atoms with Gasteiger partial charge in [-0.25, -0.2) is 0 Å². The molecule has 0 spiro atoms. The molecule has 1 aliphatic rings. The maximum absolute atomic E-state index is 12.3. The molecule has 1 aliphatic heterocycles. The van der Waals surface area contributed by atoms with Gasteiger partial charge >= 0.3 is 0 Å². The second kappa shape index (κ2) is 10.7. The van der Waals surface area contributed by atoms with Crippen molar-refractivity contribution in [3.05, 3.63) is 106 Å². The summed E-state index contributed by atoms with van der Waals surface area (Å²) in [5.41, 5.74) is 3.83. The molecule has 0 aliphatic carbocycles. The third-order valence-electron chi connectivity index (χ3n) is 6.63. The lowest BCUT2D eigenvalue weighted by atomic mass is 10.0. The molecule has 2 aromatic heterocycles. The van der Waals surface area contributed by atoms with Crippen LogP contribution in [0.3, 0.4) is 0 Å². The van der Waals surface area contributed by atoms with E-state index >= 15 is 0 Å². The highest BCUT2D eigenvalue weighted by Gasteiger charge is 2.42. The van der Waals surface area contributed by atoms with Crippen molar-refractivity contribution in [2.75, 3.05) is 10.2 Å². The Balaban J connectivity index is 1.55. The smallest absolute Gasteiger partial charge is 0.270 e. The molecule has 1 fully saturated rings. The highest BCUT2D eigenvalue weighted by atomic mass is 32.1. The molecule has 2 atom stereocenters. The number of aryl methyl sites for hydroxylation is 1. The lowest BCUT2D eigenvalue weighted by Gasteiger charge is -2.27. The number of carbonyl (C=O) groups excluding carboxylic acids is 1. The van der Waals surface area contributed by atoms with Crippen LogP contribution in [0, 0.1) is 23.0 Å². The highest BCUT2D eigenvalue weighted by Crippen LogP contribution is 2.43. The summed E-state index contributed by atoms with van der Waals surface area (Å²) in [6.07, 6.45) is 1.73. The number of nitro groups is 1. The number of hydrogen-bond donors (Lipinski definition) is 2. The lowest BCUT2D eigenvalue weighted by Crippen LogP contribution is -2.29. The summed E-state index contributed by atoms with van der Waals surface area (Å²) in [7, 11) is 0.